The average Bonchev–Trinajstić information content (AvgIpc) is 2.66. The molecule has 0 atom stereocenters. The quantitative estimate of drug-likeness (QED) is 0.739. The van der Waals surface area contributed by atoms with Gasteiger partial charge in [0.1, 0.15) is 16.8 Å². The molecule has 3 heterocycles. The van der Waals surface area contributed by atoms with Crippen LogP contribution in [0.3, 0.4) is 0 Å². The minimum Gasteiger partial charge on any atom is -0.381 e. The lowest BCUT2D eigenvalue weighted by Gasteiger charge is -2.39. The van der Waals surface area contributed by atoms with E-state index >= 15 is 0 Å². The highest BCUT2D eigenvalue weighted by Crippen LogP contribution is 2.41. The van der Waals surface area contributed by atoms with Crippen molar-refractivity contribution in [3.63, 3.8) is 0 Å². The molecule has 2 saturated heterocycles. The number of halogens is 1. The lowest BCUT2D eigenvalue weighted by atomic mass is 9.90. The molecular weight excluding hydrogens is 262 g/mol. The molecule has 19 heavy (non-hydrogen) atoms. The first-order valence-electron chi connectivity index (χ1n) is 6.91. The SMILES string of the molecule is CC/C=C1/N=C(Cl)C=C2N1CC1(CCOCC1)N2C. The summed E-state index contributed by atoms with van der Waals surface area (Å²) >= 11 is 6.16. The Morgan fingerprint density at radius 3 is 2.89 bits per heavy atom. The first kappa shape index (κ1) is 13.0. The van der Waals surface area contributed by atoms with Crippen LogP contribution in [0.1, 0.15) is 26.2 Å². The van der Waals surface area contributed by atoms with Crippen LogP contribution in [0.25, 0.3) is 0 Å². The molecular formula is C14H20ClN3O. The van der Waals surface area contributed by atoms with E-state index in [1.54, 1.807) is 0 Å². The number of aliphatic imine (C=N–C) groups is 1. The van der Waals surface area contributed by atoms with Crippen molar-refractivity contribution in [2.24, 2.45) is 4.99 Å². The van der Waals surface area contributed by atoms with Crippen LogP contribution in [0, 0.1) is 0 Å². The Balaban J connectivity index is 1.95. The second kappa shape index (κ2) is 4.84. The Bertz CT molecular complexity index is 463. The molecule has 0 radical (unpaired) electrons. The Morgan fingerprint density at radius 1 is 1.47 bits per heavy atom. The molecule has 2 fully saturated rings. The number of rotatable bonds is 1. The Labute approximate surface area is 119 Å². The van der Waals surface area contributed by atoms with Gasteiger partial charge in [-0.3, -0.25) is 0 Å². The van der Waals surface area contributed by atoms with Gasteiger partial charge in [0.2, 0.25) is 0 Å². The number of nitrogens with zero attached hydrogens (tertiary/aromatic N) is 3. The highest BCUT2D eigenvalue weighted by Gasteiger charge is 2.47. The van der Waals surface area contributed by atoms with E-state index < -0.39 is 0 Å². The van der Waals surface area contributed by atoms with Gasteiger partial charge < -0.3 is 14.5 Å². The van der Waals surface area contributed by atoms with Crippen molar-refractivity contribution in [3.05, 3.63) is 23.8 Å². The second-order valence-corrected chi connectivity index (χ2v) is 5.78. The van der Waals surface area contributed by atoms with Crippen molar-refractivity contribution in [2.75, 3.05) is 26.8 Å². The van der Waals surface area contributed by atoms with Crippen molar-refractivity contribution in [1.29, 1.82) is 0 Å². The van der Waals surface area contributed by atoms with E-state index in [2.05, 4.69) is 34.8 Å². The summed E-state index contributed by atoms with van der Waals surface area (Å²) in [6, 6.07) is 0. The van der Waals surface area contributed by atoms with E-state index in [-0.39, 0.29) is 5.54 Å². The van der Waals surface area contributed by atoms with Gasteiger partial charge in [-0.1, -0.05) is 18.5 Å². The van der Waals surface area contributed by atoms with Gasteiger partial charge in [0.15, 0.2) is 0 Å². The second-order valence-electron chi connectivity index (χ2n) is 5.39. The van der Waals surface area contributed by atoms with E-state index in [0.717, 1.165) is 44.8 Å². The van der Waals surface area contributed by atoms with Crippen LogP contribution in [-0.2, 0) is 4.74 Å². The number of hydrogen-bond donors (Lipinski definition) is 0. The predicted octanol–water partition coefficient (Wildman–Crippen LogP) is 2.53. The maximum atomic E-state index is 6.16. The minimum atomic E-state index is 0.175. The van der Waals surface area contributed by atoms with Crippen molar-refractivity contribution >= 4 is 16.8 Å². The third-order valence-electron chi connectivity index (χ3n) is 4.34. The summed E-state index contributed by atoms with van der Waals surface area (Å²) in [5.74, 6) is 2.15. The third kappa shape index (κ3) is 2.07. The average molecular weight is 282 g/mol. The van der Waals surface area contributed by atoms with Gasteiger partial charge in [0.05, 0.1) is 5.54 Å². The van der Waals surface area contributed by atoms with Crippen LogP contribution in [0.2, 0.25) is 0 Å². The topological polar surface area (TPSA) is 28.1 Å². The maximum absolute atomic E-state index is 6.16. The molecule has 0 bridgehead atoms. The van der Waals surface area contributed by atoms with E-state index in [1.807, 2.05) is 6.08 Å². The molecule has 0 aromatic carbocycles. The predicted molar refractivity (Wildman–Crippen MR) is 77.0 cm³/mol. The highest BCUT2D eigenvalue weighted by molar-refractivity contribution is 6.68. The van der Waals surface area contributed by atoms with Gasteiger partial charge >= 0.3 is 0 Å². The molecule has 3 aliphatic rings. The van der Waals surface area contributed by atoms with Crippen molar-refractivity contribution in [1.82, 2.24) is 9.80 Å². The van der Waals surface area contributed by atoms with Crippen LogP contribution < -0.4 is 0 Å². The van der Waals surface area contributed by atoms with Crippen molar-refractivity contribution in [3.8, 4) is 0 Å². The molecule has 0 N–H and O–H groups in total. The standard InChI is InChI=1S/C14H20ClN3O/c1-3-4-12-16-11(15)9-13-17(2)14(10-18(12)13)5-7-19-8-6-14/h4,9H,3,5-8,10H2,1-2H3/b12-4-. The normalized spacial score (nSPS) is 27.6. The number of allylic oxidation sites excluding steroid dienone is 2. The summed E-state index contributed by atoms with van der Waals surface area (Å²) in [7, 11) is 2.16. The molecule has 0 unspecified atom stereocenters. The Morgan fingerprint density at radius 2 is 2.21 bits per heavy atom. The number of ether oxygens (including phenoxy) is 1. The molecule has 1 spiro atoms. The first-order valence-corrected chi connectivity index (χ1v) is 7.29. The molecule has 5 heteroatoms. The van der Waals surface area contributed by atoms with E-state index in [1.165, 1.54) is 5.82 Å². The smallest absolute Gasteiger partial charge is 0.135 e. The Hall–Kier alpha value is -1.00. The fourth-order valence-corrected chi connectivity index (χ4v) is 3.35. The lowest BCUT2D eigenvalue weighted by Crippen LogP contribution is -2.47. The van der Waals surface area contributed by atoms with Crippen LogP contribution >= 0.6 is 11.6 Å². The largest absolute Gasteiger partial charge is 0.381 e. The summed E-state index contributed by atoms with van der Waals surface area (Å²) in [5, 5.41) is 0.571. The van der Waals surface area contributed by atoms with Gasteiger partial charge in [0.25, 0.3) is 0 Å². The van der Waals surface area contributed by atoms with E-state index in [0.29, 0.717) is 5.17 Å². The van der Waals surface area contributed by atoms with Gasteiger partial charge in [-0.15, -0.1) is 0 Å². The summed E-state index contributed by atoms with van der Waals surface area (Å²) in [5.41, 5.74) is 0.175. The third-order valence-corrected chi connectivity index (χ3v) is 4.53. The van der Waals surface area contributed by atoms with Crippen LogP contribution in [0.5, 0.6) is 0 Å². The zero-order valence-electron chi connectivity index (χ0n) is 11.5. The van der Waals surface area contributed by atoms with Crippen molar-refractivity contribution < 1.29 is 4.74 Å². The lowest BCUT2D eigenvalue weighted by molar-refractivity contribution is 0.0130. The zero-order valence-corrected chi connectivity index (χ0v) is 12.3. The maximum Gasteiger partial charge on any atom is 0.135 e. The molecule has 0 saturated carbocycles. The zero-order chi connectivity index (χ0) is 13.5. The molecule has 4 nitrogen and oxygen atoms in total. The van der Waals surface area contributed by atoms with Crippen LogP contribution in [-0.4, -0.2) is 47.3 Å². The molecule has 0 amide bonds. The molecule has 104 valence electrons. The number of fused-ring (bicyclic) bond motifs is 1. The molecule has 0 aromatic heterocycles. The number of hydrogen-bond acceptors (Lipinski definition) is 4. The molecule has 0 aliphatic carbocycles. The van der Waals surface area contributed by atoms with Gasteiger partial charge in [-0.05, 0) is 25.3 Å². The van der Waals surface area contributed by atoms with E-state index in [4.69, 9.17) is 16.3 Å². The monoisotopic (exact) mass is 281 g/mol. The fraction of sp³-hybridized carbons (Fsp3) is 0.643. The van der Waals surface area contributed by atoms with Crippen LogP contribution in [0.15, 0.2) is 28.8 Å². The summed E-state index contributed by atoms with van der Waals surface area (Å²) in [4.78, 5) is 9.13. The van der Waals surface area contributed by atoms with E-state index in [9.17, 15) is 0 Å². The first-order chi connectivity index (χ1) is 9.16. The molecule has 3 aliphatic heterocycles. The molecule has 3 rings (SSSR count). The summed E-state index contributed by atoms with van der Waals surface area (Å²) < 4.78 is 5.52. The Kier molecular flexibility index (Phi) is 3.31. The fourth-order valence-electron chi connectivity index (χ4n) is 3.17. The minimum absolute atomic E-state index is 0.175. The van der Waals surface area contributed by atoms with Crippen LogP contribution in [0.4, 0.5) is 0 Å². The number of likely N-dealkylation sites (N-methyl/N-ethyl adjacent to an activating group) is 1. The summed E-state index contributed by atoms with van der Waals surface area (Å²) in [6.45, 7) is 4.79. The highest BCUT2D eigenvalue weighted by atomic mass is 35.5. The summed E-state index contributed by atoms with van der Waals surface area (Å²) in [6.07, 6.45) is 7.20. The van der Waals surface area contributed by atoms with Gasteiger partial charge in [-0.2, -0.15) is 0 Å². The van der Waals surface area contributed by atoms with Gasteiger partial charge in [0, 0.05) is 32.9 Å². The molecule has 0 aromatic rings. The van der Waals surface area contributed by atoms with Crippen molar-refractivity contribution in [2.45, 2.75) is 31.7 Å². The van der Waals surface area contributed by atoms with Gasteiger partial charge in [-0.25, -0.2) is 4.99 Å².